The maximum Gasteiger partial charge on any atom is 0.408 e. The van der Waals surface area contributed by atoms with Crippen LogP contribution in [0.2, 0.25) is 0 Å². The van der Waals surface area contributed by atoms with E-state index < -0.39 is 29.6 Å². The largest absolute Gasteiger partial charge is 0.493 e. The molecule has 1 amide bonds. The van der Waals surface area contributed by atoms with Crippen LogP contribution in [0.15, 0.2) is 24.3 Å². The molecule has 1 aliphatic heterocycles. The summed E-state index contributed by atoms with van der Waals surface area (Å²) in [5.41, 5.74) is -0.0197. The van der Waals surface area contributed by atoms with Crippen LogP contribution in [0.3, 0.4) is 0 Å². The van der Waals surface area contributed by atoms with Gasteiger partial charge in [0.25, 0.3) is 0 Å². The number of nitrogens with one attached hydrogen (secondary N) is 1. The fraction of sp³-hybridized carbons (Fsp3) is 0.500. The summed E-state index contributed by atoms with van der Waals surface area (Å²) in [7, 11) is 2.78. The van der Waals surface area contributed by atoms with Crippen LogP contribution in [-0.4, -0.2) is 44.7 Å². The first-order valence-corrected chi connectivity index (χ1v) is 8.87. The molecule has 1 aromatic carbocycles. The topological polar surface area (TPSA) is 92.3 Å². The molecule has 8 nitrogen and oxygen atoms in total. The molecular weight excluding hydrogens is 366 g/mol. The monoisotopic (exact) mass is 393 g/mol. The van der Waals surface area contributed by atoms with Crippen molar-refractivity contribution in [3.8, 4) is 17.2 Å². The van der Waals surface area contributed by atoms with Gasteiger partial charge in [0.1, 0.15) is 11.6 Å². The Hall–Kier alpha value is -2.90. The molecule has 0 saturated heterocycles. The summed E-state index contributed by atoms with van der Waals surface area (Å²) in [5, 5.41) is 2.61. The van der Waals surface area contributed by atoms with Gasteiger partial charge in [0, 0.05) is 5.92 Å². The molecule has 0 aliphatic carbocycles. The summed E-state index contributed by atoms with van der Waals surface area (Å²) in [5.74, 6) is 0.323. The number of ether oxygens (including phenoxy) is 5. The van der Waals surface area contributed by atoms with Crippen molar-refractivity contribution in [2.24, 2.45) is 0 Å². The summed E-state index contributed by atoms with van der Waals surface area (Å²) < 4.78 is 26.5. The van der Waals surface area contributed by atoms with Crippen LogP contribution < -0.4 is 19.5 Å². The van der Waals surface area contributed by atoms with Crippen molar-refractivity contribution in [1.29, 1.82) is 0 Å². The fourth-order valence-corrected chi connectivity index (χ4v) is 2.82. The minimum absolute atomic E-state index is 0.0834. The molecule has 2 atom stereocenters. The highest BCUT2D eigenvalue weighted by molar-refractivity contribution is 5.83. The smallest absolute Gasteiger partial charge is 0.408 e. The van der Waals surface area contributed by atoms with E-state index in [0.717, 1.165) is 0 Å². The zero-order valence-corrected chi connectivity index (χ0v) is 17.0. The molecule has 28 heavy (non-hydrogen) atoms. The SMILES string of the molecule is C/C=C/[C@H](c1cc(OC)c2c(c1)OCO2)[C@@H](NC(=O)OC(C)(C)C)C(=O)OC. The van der Waals surface area contributed by atoms with Gasteiger partial charge in [-0.25, -0.2) is 9.59 Å². The Bertz CT molecular complexity index is 752. The third kappa shape index (κ3) is 5.09. The molecule has 0 saturated carbocycles. The average molecular weight is 393 g/mol. The highest BCUT2D eigenvalue weighted by atomic mass is 16.7. The Morgan fingerprint density at radius 1 is 1.21 bits per heavy atom. The normalized spacial score (nSPS) is 15.1. The van der Waals surface area contributed by atoms with Gasteiger partial charge in [-0.2, -0.15) is 0 Å². The van der Waals surface area contributed by atoms with Crippen molar-refractivity contribution in [2.45, 2.75) is 45.3 Å². The minimum atomic E-state index is -1.01. The van der Waals surface area contributed by atoms with Crippen molar-refractivity contribution >= 4 is 12.1 Å². The number of allylic oxidation sites excluding steroid dienone is 1. The Morgan fingerprint density at radius 2 is 1.93 bits per heavy atom. The lowest BCUT2D eigenvalue weighted by Gasteiger charge is -2.27. The van der Waals surface area contributed by atoms with Crippen molar-refractivity contribution in [3.05, 3.63) is 29.8 Å². The molecule has 0 radical (unpaired) electrons. The lowest BCUT2D eigenvalue weighted by Crippen LogP contribution is -2.47. The van der Waals surface area contributed by atoms with Gasteiger partial charge >= 0.3 is 12.1 Å². The summed E-state index contributed by atoms with van der Waals surface area (Å²) >= 11 is 0. The third-order valence-corrected chi connectivity index (χ3v) is 3.95. The summed E-state index contributed by atoms with van der Waals surface area (Å²) in [6, 6.07) is 2.48. The first kappa shape index (κ1) is 21.4. The Balaban J connectivity index is 2.42. The first-order chi connectivity index (χ1) is 13.2. The van der Waals surface area contributed by atoms with E-state index in [9.17, 15) is 9.59 Å². The molecule has 0 spiro atoms. The lowest BCUT2D eigenvalue weighted by atomic mass is 9.90. The number of carbonyl (C=O) groups excluding carboxylic acids is 2. The number of hydrogen-bond donors (Lipinski definition) is 1. The number of esters is 1. The van der Waals surface area contributed by atoms with Gasteiger partial charge in [-0.1, -0.05) is 12.2 Å². The van der Waals surface area contributed by atoms with Gasteiger partial charge in [0.15, 0.2) is 11.5 Å². The molecule has 1 aliphatic rings. The molecule has 0 bridgehead atoms. The molecule has 0 aromatic heterocycles. The molecule has 2 rings (SSSR count). The van der Waals surface area contributed by atoms with E-state index in [-0.39, 0.29) is 6.79 Å². The molecular formula is C20H27NO7. The van der Waals surface area contributed by atoms with Crippen molar-refractivity contribution < 1.29 is 33.3 Å². The van der Waals surface area contributed by atoms with Crippen molar-refractivity contribution in [2.75, 3.05) is 21.0 Å². The van der Waals surface area contributed by atoms with Crippen molar-refractivity contribution in [3.63, 3.8) is 0 Å². The number of alkyl carbamates (subject to hydrolysis) is 1. The second-order valence-electron chi connectivity index (χ2n) is 7.16. The standard InChI is InChI=1S/C20H27NO7/c1-7-8-13(12-9-14(24-5)17-15(10-12)26-11-27-17)16(18(22)25-6)21-19(23)28-20(2,3)4/h7-10,13,16H,11H2,1-6H3,(H,21,23)/b8-7+/t13-,16-/m1/s1. The number of carbonyl (C=O) groups is 2. The van der Waals surface area contributed by atoms with Crippen LogP contribution in [0, 0.1) is 0 Å². The molecule has 1 aromatic rings. The average Bonchev–Trinajstić information content (AvgIpc) is 3.10. The van der Waals surface area contributed by atoms with Crippen LogP contribution in [-0.2, 0) is 14.3 Å². The molecule has 1 N–H and O–H groups in total. The second-order valence-corrected chi connectivity index (χ2v) is 7.16. The summed E-state index contributed by atoms with van der Waals surface area (Å²) in [4.78, 5) is 24.8. The zero-order valence-electron chi connectivity index (χ0n) is 17.0. The Morgan fingerprint density at radius 3 is 2.50 bits per heavy atom. The van der Waals surface area contributed by atoms with Gasteiger partial charge in [0.2, 0.25) is 12.5 Å². The maximum absolute atomic E-state index is 12.5. The van der Waals surface area contributed by atoms with E-state index in [1.165, 1.54) is 14.2 Å². The molecule has 8 heteroatoms. The highest BCUT2D eigenvalue weighted by Gasteiger charge is 2.34. The third-order valence-electron chi connectivity index (χ3n) is 3.95. The van der Waals surface area contributed by atoms with Gasteiger partial charge in [-0.15, -0.1) is 0 Å². The number of hydrogen-bond acceptors (Lipinski definition) is 7. The van der Waals surface area contributed by atoms with Gasteiger partial charge in [-0.05, 0) is 45.4 Å². The van der Waals surface area contributed by atoms with Crippen LogP contribution in [0.4, 0.5) is 4.79 Å². The molecule has 1 heterocycles. The van der Waals surface area contributed by atoms with Crippen LogP contribution in [0.25, 0.3) is 0 Å². The molecule has 0 fully saturated rings. The zero-order chi connectivity index (χ0) is 20.9. The number of fused-ring (bicyclic) bond motifs is 1. The quantitative estimate of drug-likeness (QED) is 0.586. The Kier molecular flexibility index (Phi) is 6.77. The summed E-state index contributed by atoms with van der Waals surface area (Å²) in [6.07, 6.45) is 2.86. The number of amides is 1. The van der Waals surface area contributed by atoms with E-state index in [2.05, 4.69) is 5.32 Å². The fourth-order valence-electron chi connectivity index (χ4n) is 2.82. The second kappa shape index (κ2) is 8.86. The number of methoxy groups -OCH3 is 2. The van der Waals surface area contributed by atoms with E-state index >= 15 is 0 Å². The van der Waals surface area contributed by atoms with Crippen LogP contribution >= 0.6 is 0 Å². The van der Waals surface area contributed by atoms with Crippen molar-refractivity contribution in [1.82, 2.24) is 5.32 Å². The number of benzene rings is 1. The molecule has 0 unspecified atom stereocenters. The predicted molar refractivity (Wildman–Crippen MR) is 102 cm³/mol. The Labute approximate surface area is 164 Å². The van der Waals surface area contributed by atoms with E-state index in [1.54, 1.807) is 45.1 Å². The highest BCUT2D eigenvalue weighted by Crippen LogP contribution is 2.44. The van der Waals surface area contributed by atoms with Crippen LogP contribution in [0.1, 0.15) is 39.2 Å². The molecule has 154 valence electrons. The minimum Gasteiger partial charge on any atom is -0.493 e. The lowest BCUT2D eigenvalue weighted by molar-refractivity contribution is -0.143. The van der Waals surface area contributed by atoms with Gasteiger partial charge in [0.05, 0.1) is 14.2 Å². The van der Waals surface area contributed by atoms with Gasteiger partial charge in [-0.3, -0.25) is 0 Å². The summed E-state index contributed by atoms with van der Waals surface area (Å²) in [6.45, 7) is 7.13. The number of rotatable bonds is 6. The van der Waals surface area contributed by atoms with Gasteiger partial charge < -0.3 is 29.0 Å². The maximum atomic E-state index is 12.5. The first-order valence-electron chi connectivity index (χ1n) is 8.87. The van der Waals surface area contributed by atoms with Crippen LogP contribution in [0.5, 0.6) is 17.2 Å². The van der Waals surface area contributed by atoms with E-state index in [1.807, 2.05) is 6.92 Å². The predicted octanol–water partition coefficient (Wildman–Crippen LogP) is 3.15. The van der Waals surface area contributed by atoms with E-state index in [4.69, 9.17) is 23.7 Å². The van der Waals surface area contributed by atoms with E-state index in [0.29, 0.717) is 22.8 Å².